The molecular formula is C15H11F3N2O. The van der Waals surface area contributed by atoms with Crippen molar-refractivity contribution in [3.05, 3.63) is 59.9 Å². The predicted octanol–water partition coefficient (Wildman–Crippen LogP) is 4.16. The number of nitrogens with zero attached hydrogens (tertiary/aromatic N) is 1. The molecule has 21 heavy (non-hydrogen) atoms. The van der Waals surface area contributed by atoms with Crippen LogP contribution in [0.25, 0.3) is 11.0 Å². The maximum Gasteiger partial charge on any atom is 0.416 e. The van der Waals surface area contributed by atoms with Gasteiger partial charge in [0.05, 0.1) is 16.6 Å². The van der Waals surface area contributed by atoms with Crippen LogP contribution in [0.2, 0.25) is 0 Å². The summed E-state index contributed by atoms with van der Waals surface area (Å²) in [4.78, 5) is 7.05. The first-order chi connectivity index (χ1) is 10.0. The second-order valence-corrected chi connectivity index (χ2v) is 4.51. The molecule has 0 fully saturated rings. The number of benzene rings is 2. The second kappa shape index (κ2) is 5.12. The highest BCUT2D eigenvalue weighted by molar-refractivity contribution is 5.76. The molecule has 3 aromatic rings. The summed E-state index contributed by atoms with van der Waals surface area (Å²) < 4.78 is 43.4. The third-order valence-corrected chi connectivity index (χ3v) is 2.98. The summed E-state index contributed by atoms with van der Waals surface area (Å²) in [6.07, 6.45) is -4.36. The lowest BCUT2D eigenvalue weighted by atomic mass is 10.2. The number of aromatic amines is 1. The molecule has 108 valence electrons. The van der Waals surface area contributed by atoms with Crippen LogP contribution >= 0.6 is 0 Å². The summed E-state index contributed by atoms with van der Waals surface area (Å²) in [5.41, 5.74) is 0.125. The number of nitrogens with one attached hydrogen (secondary N) is 1. The van der Waals surface area contributed by atoms with Gasteiger partial charge in [0.2, 0.25) is 0 Å². The minimum Gasteiger partial charge on any atom is -0.486 e. The van der Waals surface area contributed by atoms with Crippen molar-refractivity contribution in [3.63, 3.8) is 0 Å². The number of imidazole rings is 1. The molecule has 0 saturated carbocycles. The predicted molar refractivity (Wildman–Crippen MR) is 71.9 cm³/mol. The molecule has 0 radical (unpaired) electrons. The van der Waals surface area contributed by atoms with Crippen LogP contribution in [0, 0.1) is 0 Å². The molecule has 2 aromatic carbocycles. The van der Waals surface area contributed by atoms with Gasteiger partial charge in [-0.1, -0.05) is 18.2 Å². The van der Waals surface area contributed by atoms with Crippen LogP contribution in [0.15, 0.2) is 48.5 Å². The maximum atomic E-state index is 12.6. The highest BCUT2D eigenvalue weighted by Gasteiger charge is 2.30. The lowest BCUT2D eigenvalue weighted by Gasteiger charge is -2.05. The van der Waals surface area contributed by atoms with Gasteiger partial charge in [-0.15, -0.1) is 0 Å². The number of hydrogen-bond donors (Lipinski definition) is 1. The monoisotopic (exact) mass is 292 g/mol. The Bertz CT molecular complexity index is 750. The summed E-state index contributed by atoms with van der Waals surface area (Å²) >= 11 is 0. The molecule has 0 aliphatic carbocycles. The number of rotatable bonds is 3. The summed E-state index contributed by atoms with van der Waals surface area (Å²) in [5, 5.41) is 0. The van der Waals surface area contributed by atoms with Crippen LogP contribution in [0.1, 0.15) is 11.4 Å². The number of alkyl halides is 3. The fourth-order valence-electron chi connectivity index (χ4n) is 1.98. The van der Waals surface area contributed by atoms with E-state index < -0.39 is 11.7 Å². The van der Waals surface area contributed by atoms with Gasteiger partial charge in [0.15, 0.2) is 0 Å². The van der Waals surface area contributed by atoms with E-state index in [1.54, 1.807) is 12.1 Å². The Hall–Kier alpha value is -2.50. The zero-order chi connectivity index (χ0) is 14.9. The quantitative estimate of drug-likeness (QED) is 0.787. The van der Waals surface area contributed by atoms with Gasteiger partial charge in [0.25, 0.3) is 0 Å². The van der Waals surface area contributed by atoms with Crippen molar-refractivity contribution in [1.29, 1.82) is 0 Å². The molecule has 6 heteroatoms. The van der Waals surface area contributed by atoms with Crippen molar-refractivity contribution in [2.75, 3.05) is 0 Å². The topological polar surface area (TPSA) is 37.9 Å². The number of hydrogen-bond acceptors (Lipinski definition) is 2. The molecule has 0 bridgehead atoms. The van der Waals surface area contributed by atoms with E-state index in [0.29, 0.717) is 22.6 Å². The molecular weight excluding hydrogens is 281 g/mol. The number of H-pyrrole nitrogens is 1. The number of para-hydroxylation sites is 1. The molecule has 0 atom stereocenters. The highest BCUT2D eigenvalue weighted by atomic mass is 19.4. The molecule has 0 saturated heterocycles. The Balaban J connectivity index is 1.81. The summed E-state index contributed by atoms with van der Waals surface area (Å²) in [5.74, 6) is 1.15. The third kappa shape index (κ3) is 2.99. The number of halogens is 3. The van der Waals surface area contributed by atoms with Crippen molar-refractivity contribution in [1.82, 2.24) is 9.97 Å². The van der Waals surface area contributed by atoms with Gasteiger partial charge in [0.1, 0.15) is 18.2 Å². The lowest BCUT2D eigenvalue weighted by Crippen LogP contribution is -2.04. The van der Waals surface area contributed by atoms with Crippen molar-refractivity contribution >= 4 is 11.0 Å². The van der Waals surface area contributed by atoms with E-state index >= 15 is 0 Å². The number of ether oxygens (including phenoxy) is 1. The lowest BCUT2D eigenvalue weighted by molar-refractivity contribution is -0.137. The van der Waals surface area contributed by atoms with Crippen LogP contribution < -0.4 is 4.74 Å². The Morgan fingerprint density at radius 1 is 1.05 bits per heavy atom. The molecule has 0 amide bonds. The van der Waals surface area contributed by atoms with Gasteiger partial charge < -0.3 is 9.72 Å². The van der Waals surface area contributed by atoms with Gasteiger partial charge in [-0.05, 0) is 30.3 Å². The summed E-state index contributed by atoms with van der Waals surface area (Å²) in [6, 6.07) is 12.6. The standard InChI is InChI=1S/C15H11F3N2O/c16-15(17,18)10-6-7-12-13(8-10)20-14(19-12)9-21-11-4-2-1-3-5-11/h1-8H,9H2,(H,19,20). The summed E-state index contributed by atoms with van der Waals surface area (Å²) in [7, 11) is 0. The SMILES string of the molecule is FC(F)(F)c1ccc2nc(COc3ccccc3)[nH]c2c1. The van der Waals surface area contributed by atoms with Crippen molar-refractivity contribution in [2.45, 2.75) is 12.8 Å². The molecule has 0 aliphatic heterocycles. The molecule has 1 N–H and O–H groups in total. The molecule has 3 rings (SSSR count). The average molecular weight is 292 g/mol. The molecule has 1 aromatic heterocycles. The molecule has 0 unspecified atom stereocenters. The normalized spacial score (nSPS) is 11.8. The van der Waals surface area contributed by atoms with Gasteiger partial charge in [-0.2, -0.15) is 13.2 Å². The zero-order valence-corrected chi connectivity index (χ0v) is 10.8. The van der Waals surface area contributed by atoms with E-state index in [-0.39, 0.29) is 6.61 Å². The van der Waals surface area contributed by atoms with Gasteiger partial charge in [0, 0.05) is 0 Å². The van der Waals surface area contributed by atoms with Gasteiger partial charge in [-0.3, -0.25) is 0 Å². The van der Waals surface area contributed by atoms with Gasteiger partial charge in [-0.25, -0.2) is 4.98 Å². The Morgan fingerprint density at radius 2 is 1.81 bits per heavy atom. The fourth-order valence-corrected chi connectivity index (χ4v) is 1.98. The first-order valence-electron chi connectivity index (χ1n) is 6.26. The van der Waals surface area contributed by atoms with Gasteiger partial charge >= 0.3 is 6.18 Å². The highest BCUT2D eigenvalue weighted by Crippen LogP contribution is 2.30. The first kappa shape index (κ1) is 13.5. The Morgan fingerprint density at radius 3 is 2.52 bits per heavy atom. The van der Waals surface area contributed by atoms with E-state index in [9.17, 15) is 13.2 Å². The van der Waals surface area contributed by atoms with E-state index in [4.69, 9.17) is 4.74 Å². The minimum absolute atomic E-state index is 0.167. The molecule has 0 aliphatic rings. The van der Waals surface area contributed by atoms with Crippen molar-refractivity contribution < 1.29 is 17.9 Å². The Labute approximate surface area is 118 Å². The van der Waals surface area contributed by atoms with Crippen LogP contribution in [0.4, 0.5) is 13.2 Å². The number of fused-ring (bicyclic) bond motifs is 1. The molecule has 1 heterocycles. The van der Waals surface area contributed by atoms with Crippen LogP contribution in [-0.2, 0) is 12.8 Å². The van der Waals surface area contributed by atoms with E-state index in [1.807, 2.05) is 18.2 Å². The fraction of sp³-hybridized carbons (Fsp3) is 0.133. The summed E-state index contributed by atoms with van der Waals surface area (Å²) in [6.45, 7) is 0.167. The largest absolute Gasteiger partial charge is 0.486 e. The van der Waals surface area contributed by atoms with Crippen molar-refractivity contribution in [2.24, 2.45) is 0 Å². The van der Waals surface area contributed by atoms with Crippen LogP contribution in [0.3, 0.4) is 0 Å². The smallest absolute Gasteiger partial charge is 0.416 e. The molecule has 0 spiro atoms. The zero-order valence-electron chi connectivity index (χ0n) is 10.8. The number of aromatic nitrogens is 2. The van der Waals surface area contributed by atoms with Crippen LogP contribution in [0.5, 0.6) is 5.75 Å². The minimum atomic E-state index is -4.36. The van der Waals surface area contributed by atoms with E-state index in [2.05, 4.69) is 9.97 Å². The Kier molecular flexibility index (Phi) is 3.29. The second-order valence-electron chi connectivity index (χ2n) is 4.51. The van der Waals surface area contributed by atoms with E-state index in [1.165, 1.54) is 6.07 Å². The van der Waals surface area contributed by atoms with Crippen molar-refractivity contribution in [3.8, 4) is 5.75 Å². The molecule has 3 nitrogen and oxygen atoms in total. The average Bonchev–Trinajstić information content (AvgIpc) is 2.87. The third-order valence-electron chi connectivity index (χ3n) is 2.98. The maximum absolute atomic E-state index is 12.6. The van der Waals surface area contributed by atoms with E-state index in [0.717, 1.165) is 12.1 Å². The van der Waals surface area contributed by atoms with Crippen LogP contribution in [-0.4, -0.2) is 9.97 Å². The first-order valence-corrected chi connectivity index (χ1v) is 6.26.